The Balaban J connectivity index is 1.32. The molecule has 0 saturated carbocycles. The van der Waals surface area contributed by atoms with Gasteiger partial charge in [0.15, 0.2) is 5.69 Å². The lowest BCUT2D eigenvalue weighted by atomic mass is 10.2. The van der Waals surface area contributed by atoms with E-state index < -0.39 is 0 Å². The summed E-state index contributed by atoms with van der Waals surface area (Å²) in [5.41, 5.74) is 3.92. The minimum Gasteiger partial charge on any atom is -0.351 e. The molecule has 2 aromatic heterocycles. The second kappa shape index (κ2) is 5.87. The molecule has 118 valence electrons. The molecule has 1 aliphatic rings. The molecule has 1 amide bonds. The standard InChI is InChI=1S/C17H19N5O/c23-17(16-13-6-3-7-14(13)20-21-16)18-9-4-10-22-15-8-2-1-5-12(15)11-19-22/h1-2,5,8,11H,3-4,6-7,9-10H2,(H,18,23)(H,20,21). The topological polar surface area (TPSA) is 75.6 Å². The Bertz CT molecular complexity index is 848. The van der Waals surface area contributed by atoms with Crippen molar-refractivity contribution in [2.45, 2.75) is 32.2 Å². The molecule has 3 aromatic rings. The zero-order valence-electron chi connectivity index (χ0n) is 12.9. The third-order valence-corrected chi connectivity index (χ3v) is 4.40. The Morgan fingerprint density at radius 2 is 2.22 bits per heavy atom. The van der Waals surface area contributed by atoms with Crippen LogP contribution in [0, 0.1) is 0 Å². The Morgan fingerprint density at radius 3 is 3.17 bits per heavy atom. The van der Waals surface area contributed by atoms with Crippen LogP contribution >= 0.6 is 0 Å². The summed E-state index contributed by atoms with van der Waals surface area (Å²) in [5, 5.41) is 15.6. The Hall–Kier alpha value is -2.63. The van der Waals surface area contributed by atoms with Crippen LogP contribution < -0.4 is 5.32 Å². The lowest BCUT2D eigenvalue weighted by molar-refractivity contribution is 0.0946. The first-order chi connectivity index (χ1) is 11.3. The predicted molar refractivity (Wildman–Crippen MR) is 87.3 cm³/mol. The molecule has 6 nitrogen and oxygen atoms in total. The summed E-state index contributed by atoms with van der Waals surface area (Å²) in [6.07, 6.45) is 5.77. The molecule has 0 spiro atoms. The van der Waals surface area contributed by atoms with Gasteiger partial charge in [0.25, 0.3) is 5.91 Å². The van der Waals surface area contributed by atoms with E-state index in [0.29, 0.717) is 12.2 Å². The van der Waals surface area contributed by atoms with Crippen molar-refractivity contribution in [2.24, 2.45) is 0 Å². The molecule has 2 heterocycles. The summed E-state index contributed by atoms with van der Waals surface area (Å²) in [7, 11) is 0. The number of aromatic amines is 1. The molecular weight excluding hydrogens is 290 g/mol. The average molecular weight is 309 g/mol. The number of hydrogen-bond acceptors (Lipinski definition) is 3. The zero-order chi connectivity index (χ0) is 15.6. The largest absolute Gasteiger partial charge is 0.351 e. The zero-order valence-corrected chi connectivity index (χ0v) is 12.9. The molecule has 6 heteroatoms. The van der Waals surface area contributed by atoms with Gasteiger partial charge in [0, 0.05) is 29.7 Å². The lowest BCUT2D eigenvalue weighted by Gasteiger charge is -2.06. The third-order valence-electron chi connectivity index (χ3n) is 4.40. The minimum absolute atomic E-state index is 0.0743. The highest BCUT2D eigenvalue weighted by atomic mass is 16.1. The molecule has 4 rings (SSSR count). The molecule has 0 radical (unpaired) electrons. The number of nitrogens with one attached hydrogen (secondary N) is 2. The van der Waals surface area contributed by atoms with Gasteiger partial charge >= 0.3 is 0 Å². The predicted octanol–water partition coefficient (Wildman–Crippen LogP) is 2.07. The molecule has 0 aliphatic heterocycles. The number of rotatable bonds is 5. The van der Waals surface area contributed by atoms with E-state index in [0.717, 1.165) is 54.4 Å². The van der Waals surface area contributed by atoms with Crippen molar-refractivity contribution < 1.29 is 4.79 Å². The number of H-pyrrole nitrogens is 1. The number of aryl methyl sites for hydroxylation is 2. The highest BCUT2D eigenvalue weighted by Gasteiger charge is 2.22. The fraction of sp³-hybridized carbons (Fsp3) is 0.353. The summed E-state index contributed by atoms with van der Waals surface area (Å²) in [6, 6.07) is 8.14. The van der Waals surface area contributed by atoms with Crippen molar-refractivity contribution in [3.63, 3.8) is 0 Å². The van der Waals surface area contributed by atoms with E-state index in [1.165, 1.54) is 0 Å². The van der Waals surface area contributed by atoms with E-state index >= 15 is 0 Å². The lowest BCUT2D eigenvalue weighted by Crippen LogP contribution is -2.26. The molecule has 2 N–H and O–H groups in total. The van der Waals surface area contributed by atoms with E-state index in [1.54, 1.807) is 0 Å². The van der Waals surface area contributed by atoms with Gasteiger partial charge in [-0.15, -0.1) is 0 Å². The minimum atomic E-state index is -0.0743. The maximum absolute atomic E-state index is 12.2. The van der Waals surface area contributed by atoms with Crippen LogP contribution in [0.2, 0.25) is 0 Å². The first-order valence-electron chi connectivity index (χ1n) is 8.08. The number of nitrogens with zero attached hydrogens (tertiary/aromatic N) is 3. The fourth-order valence-corrected chi connectivity index (χ4v) is 3.23. The van der Waals surface area contributed by atoms with E-state index in [9.17, 15) is 4.79 Å². The van der Waals surface area contributed by atoms with Gasteiger partial charge in [-0.1, -0.05) is 18.2 Å². The number of hydrogen-bond donors (Lipinski definition) is 2. The van der Waals surface area contributed by atoms with Crippen molar-refractivity contribution in [1.29, 1.82) is 0 Å². The van der Waals surface area contributed by atoms with Crippen LogP contribution in [0.3, 0.4) is 0 Å². The molecule has 23 heavy (non-hydrogen) atoms. The van der Waals surface area contributed by atoms with Crippen molar-refractivity contribution in [3.05, 3.63) is 47.4 Å². The Kier molecular flexibility index (Phi) is 3.57. The molecule has 0 bridgehead atoms. The number of fused-ring (bicyclic) bond motifs is 2. The van der Waals surface area contributed by atoms with Crippen LogP contribution in [0.15, 0.2) is 30.5 Å². The monoisotopic (exact) mass is 309 g/mol. The Morgan fingerprint density at radius 1 is 1.30 bits per heavy atom. The van der Waals surface area contributed by atoms with Crippen LogP contribution in [0.25, 0.3) is 10.9 Å². The van der Waals surface area contributed by atoms with Gasteiger partial charge < -0.3 is 5.32 Å². The normalized spacial score (nSPS) is 13.4. The summed E-state index contributed by atoms with van der Waals surface area (Å²) < 4.78 is 1.98. The number of carbonyl (C=O) groups is 1. The summed E-state index contributed by atoms with van der Waals surface area (Å²) in [5.74, 6) is -0.0743. The van der Waals surface area contributed by atoms with Gasteiger partial charge in [-0.2, -0.15) is 10.2 Å². The van der Waals surface area contributed by atoms with Crippen LogP contribution in [0.4, 0.5) is 0 Å². The van der Waals surface area contributed by atoms with Gasteiger partial charge in [-0.25, -0.2) is 0 Å². The van der Waals surface area contributed by atoms with Crippen LogP contribution in [-0.2, 0) is 19.4 Å². The van der Waals surface area contributed by atoms with E-state index in [4.69, 9.17) is 0 Å². The van der Waals surface area contributed by atoms with E-state index in [-0.39, 0.29) is 5.91 Å². The van der Waals surface area contributed by atoms with Crippen LogP contribution in [0.1, 0.15) is 34.6 Å². The molecular formula is C17H19N5O. The molecule has 0 saturated heterocycles. The van der Waals surface area contributed by atoms with Gasteiger partial charge in [-0.3, -0.25) is 14.6 Å². The SMILES string of the molecule is O=C(NCCCn1ncc2ccccc21)c1n[nH]c2c1CCC2. The van der Waals surface area contributed by atoms with Crippen molar-refractivity contribution in [1.82, 2.24) is 25.3 Å². The highest BCUT2D eigenvalue weighted by molar-refractivity contribution is 5.94. The maximum atomic E-state index is 12.2. The number of benzene rings is 1. The van der Waals surface area contributed by atoms with Crippen molar-refractivity contribution in [3.8, 4) is 0 Å². The molecule has 0 fully saturated rings. The van der Waals surface area contributed by atoms with Gasteiger partial charge in [0.2, 0.25) is 0 Å². The summed E-state index contributed by atoms with van der Waals surface area (Å²) >= 11 is 0. The Labute approximate surface area is 133 Å². The summed E-state index contributed by atoms with van der Waals surface area (Å²) in [4.78, 5) is 12.2. The highest BCUT2D eigenvalue weighted by Crippen LogP contribution is 2.22. The van der Waals surface area contributed by atoms with E-state index in [2.05, 4.69) is 32.7 Å². The molecule has 1 aliphatic carbocycles. The molecule has 0 atom stereocenters. The van der Waals surface area contributed by atoms with Crippen molar-refractivity contribution in [2.75, 3.05) is 6.54 Å². The molecule has 1 aromatic carbocycles. The van der Waals surface area contributed by atoms with Crippen LogP contribution in [-0.4, -0.2) is 32.4 Å². The molecule has 0 unspecified atom stereocenters. The first-order valence-corrected chi connectivity index (χ1v) is 8.08. The number of aromatic nitrogens is 4. The number of para-hydroxylation sites is 1. The second-order valence-electron chi connectivity index (χ2n) is 5.92. The summed E-state index contributed by atoms with van der Waals surface area (Å²) in [6.45, 7) is 1.40. The fourth-order valence-electron chi connectivity index (χ4n) is 3.23. The first kappa shape index (κ1) is 14.0. The van der Waals surface area contributed by atoms with Gasteiger partial charge in [0.1, 0.15) is 0 Å². The van der Waals surface area contributed by atoms with E-state index in [1.807, 2.05) is 23.0 Å². The quantitative estimate of drug-likeness (QED) is 0.708. The second-order valence-corrected chi connectivity index (χ2v) is 5.92. The number of amides is 1. The number of carbonyl (C=O) groups excluding carboxylic acids is 1. The smallest absolute Gasteiger partial charge is 0.272 e. The third kappa shape index (κ3) is 2.60. The maximum Gasteiger partial charge on any atom is 0.272 e. The average Bonchev–Trinajstić information content (AvgIpc) is 3.26. The van der Waals surface area contributed by atoms with Gasteiger partial charge in [0.05, 0.1) is 11.7 Å². The van der Waals surface area contributed by atoms with Crippen LogP contribution in [0.5, 0.6) is 0 Å². The van der Waals surface area contributed by atoms with Crippen molar-refractivity contribution >= 4 is 16.8 Å². The van der Waals surface area contributed by atoms with Gasteiger partial charge in [-0.05, 0) is 31.7 Å².